The van der Waals surface area contributed by atoms with Crippen molar-refractivity contribution in [3.8, 4) is 5.75 Å². The molecule has 0 atom stereocenters. The Morgan fingerprint density at radius 3 is 2.15 bits per heavy atom. The highest BCUT2D eigenvalue weighted by Gasteiger charge is 2.11. The van der Waals surface area contributed by atoms with Crippen LogP contribution in [0, 0.1) is 13.8 Å². The number of carbonyl (C=O) groups is 2. The molecule has 3 N–H and O–H groups in total. The molecule has 0 heterocycles. The topological polar surface area (TPSA) is 125 Å². The summed E-state index contributed by atoms with van der Waals surface area (Å²) in [6.45, 7) is 3.02. The number of nitrogens with one attached hydrogen (secondary N) is 1. The third kappa shape index (κ3) is 6.72. The first-order valence-electron chi connectivity index (χ1n) is 7.93. The van der Waals surface area contributed by atoms with Crippen LogP contribution in [0.3, 0.4) is 0 Å². The molecule has 0 spiro atoms. The maximum Gasteiger partial charge on any atom is 0.344 e. The van der Waals surface area contributed by atoms with Gasteiger partial charge < -0.3 is 14.8 Å². The Labute approximate surface area is 157 Å². The average molecular weight is 392 g/mol. The quantitative estimate of drug-likeness (QED) is 0.688. The monoisotopic (exact) mass is 392 g/mol. The summed E-state index contributed by atoms with van der Waals surface area (Å²) < 4.78 is 32.5. The summed E-state index contributed by atoms with van der Waals surface area (Å²) in [6, 6.07) is 10.8. The second-order valence-corrected chi connectivity index (χ2v) is 7.45. The number of primary sulfonamides is 1. The molecular formula is C18H20N2O6S. The van der Waals surface area contributed by atoms with Crippen molar-refractivity contribution in [3.63, 3.8) is 0 Å². The lowest BCUT2D eigenvalue weighted by Crippen LogP contribution is -2.23. The molecule has 0 radical (unpaired) electrons. The smallest absolute Gasteiger partial charge is 0.344 e. The van der Waals surface area contributed by atoms with E-state index in [2.05, 4.69) is 5.32 Å². The third-order valence-electron chi connectivity index (χ3n) is 3.38. The van der Waals surface area contributed by atoms with Crippen LogP contribution in [0.1, 0.15) is 11.1 Å². The molecular weight excluding hydrogens is 372 g/mol. The zero-order valence-corrected chi connectivity index (χ0v) is 15.7. The number of sulfonamides is 1. The summed E-state index contributed by atoms with van der Waals surface area (Å²) >= 11 is 0. The van der Waals surface area contributed by atoms with Crippen molar-refractivity contribution in [2.24, 2.45) is 5.14 Å². The Morgan fingerprint density at radius 2 is 1.59 bits per heavy atom. The van der Waals surface area contributed by atoms with Crippen molar-refractivity contribution in [1.82, 2.24) is 0 Å². The van der Waals surface area contributed by atoms with E-state index in [-0.39, 0.29) is 11.5 Å². The van der Waals surface area contributed by atoms with E-state index in [4.69, 9.17) is 14.6 Å². The number of hydrogen-bond donors (Lipinski definition) is 2. The fraction of sp³-hybridized carbons (Fsp3) is 0.222. The molecule has 27 heavy (non-hydrogen) atoms. The number of anilines is 1. The van der Waals surface area contributed by atoms with Gasteiger partial charge in [0.1, 0.15) is 5.75 Å². The first-order valence-corrected chi connectivity index (χ1v) is 9.47. The molecule has 0 saturated carbocycles. The van der Waals surface area contributed by atoms with Gasteiger partial charge in [-0.3, -0.25) is 4.79 Å². The van der Waals surface area contributed by atoms with E-state index >= 15 is 0 Å². The van der Waals surface area contributed by atoms with E-state index in [1.165, 1.54) is 24.3 Å². The summed E-state index contributed by atoms with van der Waals surface area (Å²) in [5.74, 6) is -0.712. The lowest BCUT2D eigenvalue weighted by molar-refractivity contribution is -0.149. The van der Waals surface area contributed by atoms with Gasteiger partial charge in [-0.2, -0.15) is 0 Å². The predicted molar refractivity (Wildman–Crippen MR) is 98.8 cm³/mol. The first-order chi connectivity index (χ1) is 12.6. The minimum atomic E-state index is -3.80. The number of hydrogen-bond acceptors (Lipinski definition) is 6. The molecule has 0 aliphatic carbocycles. The SMILES string of the molecule is Cc1cc(C)cc(OCC(=O)OCC(=O)Nc2ccc(S(N)(=O)=O)cc2)c1. The van der Waals surface area contributed by atoms with E-state index in [0.717, 1.165) is 11.1 Å². The molecule has 144 valence electrons. The molecule has 0 saturated heterocycles. The highest BCUT2D eigenvalue weighted by Crippen LogP contribution is 2.16. The molecule has 0 aliphatic heterocycles. The van der Waals surface area contributed by atoms with Crippen molar-refractivity contribution in [1.29, 1.82) is 0 Å². The Bertz CT molecular complexity index is 919. The molecule has 2 rings (SSSR count). The van der Waals surface area contributed by atoms with E-state index < -0.39 is 28.5 Å². The molecule has 2 aromatic rings. The number of nitrogens with two attached hydrogens (primary N) is 1. The Balaban J connectivity index is 1.78. The molecule has 8 nitrogen and oxygen atoms in total. The van der Waals surface area contributed by atoms with E-state index in [9.17, 15) is 18.0 Å². The molecule has 2 aromatic carbocycles. The summed E-state index contributed by atoms with van der Waals surface area (Å²) in [5.41, 5.74) is 2.35. The van der Waals surface area contributed by atoms with Gasteiger partial charge in [-0.15, -0.1) is 0 Å². The minimum absolute atomic E-state index is 0.0736. The van der Waals surface area contributed by atoms with Crippen LogP contribution in [0.4, 0.5) is 5.69 Å². The van der Waals surface area contributed by atoms with Crippen LogP contribution in [0.2, 0.25) is 0 Å². The lowest BCUT2D eigenvalue weighted by Gasteiger charge is -2.09. The van der Waals surface area contributed by atoms with Crippen molar-refractivity contribution in [2.45, 2.75) is 18.7 Å². The maximum atomic E-state index is 11.8. The highest BCUT2D eigenvalue weighted by atomic mass is 32.2. The minimum Gasteiger partial charge on any atom is -0.482 e. The Hall–Kier alpha value is -2.91. The highest BCUT2D eigenvalue weighted by molar-refractivity contribution is 7.89. The summed E-state index contributed by atoms with van der Waals surface area (Å²) in [7, 11) is -3.80. The van der Waals surface area contributed by atoms with Crippen molar-refractivity contribution in [3.05, 3.63) is 53.6 Å². The van der Waals surface area contributed by atoms with Gasteiger partial charge in [0.25, 0.3) is 5.91 Å². The van der Waals surface area contributed by atoms with Gasteiger partial charge in [0.05, 0.1) is 4.90 Å². The van der Waals surface area contributed by atoms with Gasteiger partial charge >= 0.3 is 5.97 Å². The second-order valence-electron chi connectivity index (χ2n) is 5.89. The van der Waals surface area contributed by atoms with Crippen LogP contribution in [0.5, 0.6) is 5.75 Å². The van der Waals surface area contributed by atoms with Crippen LogP contribution in [-0.2, 0) is 24.3 Å². The summed E-state index contributed by atoms with van der Waals surface area (Å²) in [4.78, 5) is 23.4. The van der Waals surface area contributed by atoms with Gasteiger partial charge in [-0.1, -0.05) is 6.07 Å². The van der Waals surface area contributed by atoms with E-state index in [1.807, 2.05) is 19.9 Å². The number of esters is 1. The van der Waals surface area contributed by atoms with Crippen molar-refractivity contribution in [2.75, 3.05) is 18.5 Å². The van der Waals surface area contributed by atoms with E-state index in [1.54, 1.807) is 12.1 Å². The van der Waals surface area contributed by atoms with Gasteiger partial charge in [0.2, 0.25) is 10.0 Å². The molecule has 0 fully saturated rings. The maximum absolute atomic E-state index is 11.8. The van der Waals surface area contributed by atoms with Crippen LogP contribution in [-0.4, -0.2) is 33.5 Å². The lowest BCUT2D eigenvalue weighted by atomic mass is 10.1. The number of ether oxygens (including phenoxy) is 2. The molecule has 1 amide bonds. The van der Waals surface area contributed by atoms with Crippen molar-refractivity contribution >= 4 is 27.6 Å². The Kier molecular flexibility index (Phi) is 6.54. The average Bonchev–Trinajstić information content (AvgIpc) is 2.57. The molecule has 9 heteroatoms. The fourth-order valence-electron chi connectivity index (χ4n) is 2.27. The van der Waals surface area contributed by atoms with E-state index in [0.29, 0.717) is 11.4 Å². The zero-order valence-electron chi connectivity index (χ0n) is 14.9. The van der Waals surface area contributed by atoms with Crippen LogP contribution in [0.25, 0.3) is 0 Å². The van der Waals surface area contributed by atoms with Crippen LogP contribution >= 0.6 is 0 Å². The molecule has 0 unspecified atom stereocenters. The number of benzene rings is 2. The summed E-state index contributed by atoms with van der Waals surface area (Å²) in [6.07, 6.45) is 0. The zero-order chi connectivity index (χ0) is 20.0. The first kappa shape index (κ1) is 20.4. The molecule has 0 bridgehead atoms. The van der Waals surface area contributed by atoms with Gasteiger partial charge in [-0.05, 0) is 61.4 Å². The van der Waals surface area contributed by atoms with Gasteiger partial charge in [0.15, 0.2) is 13.2 Å². The standard InChI is InChI=1S/C18H20N2O6S/c1-12-7-13(2)9-15(8-12)25-11-18(22)26-10-17(21)20-14-3-5-16(6-4-14)27(19,23)24/h3-9H,10-11H2,1-2H3,(H,20,21)(H2,19,23,24). The number of aryl methyl sites for hydroxylation is 2. The number of carbonyl (C=O) groups excluding carboxylic acids is 2. The fourth-order valence-corrected chi connectivity index (χ4v) is 2.79. The number of rotatable bonds is 7. The third-order valence-corrected chi connectivity index (χ3v) is 4.31. The molecule has 0 aliphatic rings. The predicted octanol–water partition coefficient (Wildman–Crippen LogP) is 1.51. The van der Waals surface area contributed by atoms with Crippen LogP contribution < -0.4 is 15.2 Å². The summed E-state index contributed by atoms with van der Waals surface area (Å²) in [5, 5.41) is 7.46. The number of amides is 1. The van der Waals surface area contributed by atoms with Crippen LogP contribution in [0.15, 0.2) is 47.4 Å². The Morgan fingerprint density at radius 1 is 1.00 bits per heavy atom. The van der Waals surface area contributed by atoms with Gasteiger partial charge in [0, 0.05) is 5.69 Å². The van der Waals surface area contributed by atoms with Crippen molar-refractivity contribution < 1.29 is 27.5 Å². The van der Waals surface area contributed by atoms with Gasteiger partial charge in [-0.25, -0.2) is 18.4 Å². The normalized spacial score (nSPS) is 10.9. The largest absolute Gasteiger partial charge is 0.482 e. The molecule has 0 aromatic heterocycles. The second kappa shape index (κ2) is 8.65.